The van der Waals surface area contributed by atoms with Gasteiger partial charge in [0, 0.05) is 25.7 Å². The fourth-order valence-corrected chi connectivity index (χ4v) is 5.91. The number of nitrogens with one attached hydrogen (secondary N) is 3. The van der Waals surface area contributed by atoms with Gasteiger partial charge in [0.15, 0.2) is 0 Å². The molecule has 0 bridgehead atoms. The summed E-state index contributed by atoms with van der Waals surface area (Å²) < 4.78 is 29.5. The van der Waals surface area contributed by atoms with Crippen molar-refractivity contribution in [2.75, 3.05) is 20.1 Å². The minimum Gasteiger partial charge on any atom is -0.384 e. The summed E-state index contributed by atoms with van der Waals surface area (Å²) >= 11 is 0. The first kappa shape index (κ1) is 26.3. The molecule has 1 aliphatic rings. The lowest BCUT2D eigenvalue weighted by molar-refractivity contribution is -0.137. The Kier molecular flexibility index (Phi) is 7.89. The zero-order valence-electron chi connectivity index (χ0n) is 20.6. The summed E-state index contributed by atoms with van der Waals surface area (Å²) in [7, 11) is -2.50. The second-order valence-corrected chi connectivity index (χ2v) is 11.0. The van der Waals surface area contributed by atoms with Crippen molar-refractivity contribution in [1.82, 2.24) is 14.9 Å². The number of hydrogen-bond acceptors (Lipinski definition) is 5. The smallest absolute Gasteiger partial charge is 0.241 e. The van der Waals surface area contributed by atoms with Crippen molar-refractivity contribution in [2.24, 2.45) is 11.7 Å². The van der Waals surface area contributed by atoms with Crippen molar-refractivity contribution in [2.45, 2.75) is 30.2 Å². The molecule has 2 atom stereocenters. The fourth-order valence-electron chi connectivity index (χ4n) is 4.69. The van der Waals surface area contributed by atoms with E-state index in [1.54, 1.807) is 48.3 Å². The average Bonchev–Trinajstić information content (AvgIpc) is 2.91. The Morgan fingerprint density at radius 1 is 1.08 bits per heavy atom. The van der Waals surface area contributed by atoms with Crippen LogP contribution in [0.5, 0.6) is 0 Å². The molecule has 1 saturated heterocycles. The maximum absolute atomic E-state index is 13.7. The van der Waals surface area contributed by atoms with E-state index in [0.717, 1.165) is 10.8 Å². The number of piperidine rings is 1. The lowest BCUT2D eigenvalue weighted by Crippen LogP contribution is -2.53. The van der Waals surface area contributed by atoms with E-state index in [1.807, 2.05) is 24.3 Å². The molecule has 1 fully saturated rings. The van der Waals surface area contributed by atoms with Gasteiger partial charge in [0.1, 0.15) is 11.9 Å². The predicted molar refractivity (Wildman–Crippen MR) is 143 cm³/mol. The van der Waals surface area contributed by atoms with Crippen LogP contribution in [0, 0.1) is 11.3 Å². The second-order valence-electron chi connectivity index (χ2n) is 9.24. The number of rotatable bonds is 8. The van der Waals surface area contributed by atoms with Crippen LogP contribution in [0.2, 0.25) is 0 Å². The molecular formula is C27H31N5O4S. The maximum atomic E-state index is 13.7. The highest BCUT2D eigenvalue weighted by Gasteiger charge is 2.34. The van der Waals surface area contributed by atoms with Crippen LogP contribution in [0.15, 0.2) is 71.6 Å². The molecule has 3 aromatic rings. The molecule has 1 aliphatic heterocycles. The molecule has 1 heterocycles. The van der Waals surface area contributed by atoms with E-state index < -0.39 is 22.0 Å². The fraction of sp³-hybridized carbons (Fsp3) is 0.296. The third kappa shape index (κ3) is 6.15. The van der Waals surface area contributed by atoms with Crippen LogP contribution in [0.25, 0.3) is 10.8 Å². The number of amidine groups is 1. The topological polar surface area (TPSA) is 145 Å². The molecule has 10 heteroatoms. The van der Waals surface area contributed by atoms with E-state index in [1.165, 1.54) is 6.07 Å². The quantitative estimate of drug-likeness (QED) is 0.265. The number of amides is 2. The van der Waals surface area contributed by atoms with E-state index in [0.29, 0.717) is 30.5 Å². The first-order chi connectivity index (χ1) is 17.7. The van der Waals surface area contributed by atoms with Crippen LogP contribution in [0.4, 0.5) is 0 Å². The second kappa shape index (κ2) is 11.1. The lowest BCUT2D eigenvalue weighted by Gasteiger charge is -2.34. The predicted octanol–water partition coefficient (Wildman–Crippen LogP) is 2.00. The summed E-state index contributed by atoms with van der Waals surface area (Å²) in [5, 5.41) is 12.0. The number of fused-ring (bicyclic) bond motifs is 1. The van der Waals surface area contributed by atoms with Crippen molar-refractivity contribution in [1.29, 1.82) is 5.41 Å². The van der Waals surface area contributed by atoms with Gasteiger partial charge >= 0.3 is 0 Å². The summed E-state index contributed by atoms with van der Waals surface area (Å²) in [5.41, 5.74) is 6.77. The Morgan fingerprint density at radius 2 is 1.84 bits per heavy atom. The van der Waals surface area contributed by atoms with E-state index in [9.17, 15) is 18.0 Å². The molecule has 0 unspecified atom stereocenters. The van der Waals surface area contributed by atoms with Crippen molar-refractivity contribution in [3.63, 3.8) is 0 Å². The van der Waals surface area contributed by atoms with Crippen molar-refractivity contribution < 1.29 is 18.0 Å². The van der Waals surface area contributed by atoms with E-state index in [2.05, 4.69) is 10.0 Å². The number of likely N-dealkylation sites (tertiary alicyclic amines) is 1. The van der Waals surface area contributed by atoms with E-state index in [-0.39, 0.29) is 35.5 Å². The Morgan fingerprint density at radius 3 is 2.57 bits per heavy atom. The number of carbonyl (C=O) groups is 2. The summed E-state index contributed by atoms with van der Waals surface area (Å²) in [6.07, 6.45) is 1.37. The highest BCUT2D eigenvalue weighted by molar-refractivity contribution is 7.89. The Labute approximate surface area is 216 Å². The van der Waals surface area contributed by atoms with Crippen LogP contribution < -0.4 is 15.8 Å². The third-order valence-electron chi connectivity index (χ3n) is 6.65. The van der Waals surface area contributed by atoms with Crippen molar-refractivity contribution in [3.8, 4) is 0 Å². The molecule has 3 aromatic carbocycles. The molecular weight excluding hydrogens is 490 g/mol. The number of nitrogen functional groups attached to an aromatic ring is 1. The number of nitrogens with zero attached hydrogens (tertiary/aromatic N) is 1. The largest absolute Gasteiger partial charge is 0.384 e. The SMILES string of the molecule is CNC(=O)[C@H]1CCCN(C(=O)[C@H](Cc2cccc(C(=N)N)c2)NS(=O)(=O)c2ccc3ccccc3c2)C1. The van der Waals surface area contributed by atoms with Crippen molar-refractivity contribution >= 4 is 38.4 Å². The van der Waals surface area contributed by atoms with Gasteiger partial charge in [0.05, 0.1) is 10.8 Å². The molecule has 9 nitrogen and oxygen atoms in total. The molecule has 194 valence electrons. The van der Waals surface area contributed by atoms with Gasteiger partial charge in [-0.25, -0.2) is 8.42 Å². The van der Waals surface area contributed by atoms with Crippen LogP contribution in [-0.2, 0) is 26.0 Å². The summed E-state index contributed by atoms with van der Waals surface area (Å²) in [6.45, 7) is 0.661. The molecule has 0 spiro atoms. The molecule has 0 saturated carbocycles. The van der Waals surface area contributed by atoms with Crippen molar-refractivity contribution in [3.05, 3.63) is 77.9 Å². The van der Waals surface area contributed by atoms with E-state index >= 15 is 0 Å². The lowest BCUT2D eigenvalue weighted by atomic mass is 9.95. The first-order valence-corrected chi connectivity index (χ1v) is 13.6. The standard InChI is InChI=1S/C27H31N5O4S/c1-30-26(33)22-10-5-13-32(17-22)27(34)24(15-18-6-4-9-21(14-18)25(28)29)31-37(35,36)23-12-11-19-7-2-3-8-20(19)16-23/h2-4,6-9,11-12,14,16,22,24,31H,5,10,13,15,17H2,1H3,(H3,28,29)(H,30,33)/t22-,24-/m0/s1. The zero-order valence-corrected chi connectivity index (χ0v) is 21.4. The molecule has 0 aliphatic carbocycles. The normalized spacial score (nSPS) is 16.8. The average molecular weight is 522 g/mol. The summed E-state index contributed by atoms with van der Waals surface area (Å²) in [5.74, 6) is -1.00. The van der Waals surface area contributed by atoms with Crippen LogP contribution in [0.1, 0.15) is 24.0 Å². The number of sulfonamides is 1. The molecule has 37 heavy (non-hydrogen) atoms. The third-order valence-corrected chi connectivity index (χ3v) is 8.12. The number of benzene rings is 3. The highest BCUT2D eigenvalue weighted by atomic mass is 32.2. The first-order valence-electron chi connectivity index (χ1n) is 12.1. The summed E-state index contributed by atoms with van der Waals surface area (Å²) in [6, 6.07) is 18.0. The van der Waals surface area contributed by atoms with Crippen LogP contribution >= 0.6 is 0 Å². The zero-order chi connectivity index (χ0) is 26.6. The van der Waals surface area contributed by atoms with Gasteiger partial charge in [-0.2, -0.15) is 4.72 Å². The van der Waals surface area contributed by atoms with Gasteiger partial charge in [-0.1, -0.05) is 48.5 Å². The molecule has 0 radical (unpaired) electrons. The minimum atomic E-state index is -4.06. The van der Waals surface area contributed by atoms with Gasteiger partial charge in [-0.05, 0) is 53.8 Å². The van der Waals surface area contributed by atoms with Gasteiger partial charge in [0.25, 0.3) is 0 Å². The highest BCUT2D eigenvalue weighted by Crippen LogP contribution is 2.22. The van der Waals surface area contributed by atoms with Gasteiger partial charge in [-0.15, -0.1) is 0 Å². The van der Waals surface area contributed by atoms with Crippen LogP contribution in [0.3, 0.4) is 0 Å². The number of hydrogen-bond donors (Lipinski definition) is 4. The monoisotopic (exact) mass is 521 g/mol. The molecule has 2 amide bonds. The number of carbonyl (C=O) groups excluding carboxylic acids is 2. The van der Waals surface area contributed by atoms with Crippen LogP contribution in [-0.4, -0.2) is 57.1 Å². The Balaban J connectivity index is 1.65. The maximum Gasteiger partial charge on any atom is 0.241 e. The van der Waals surface area contributed by atoms with Gasteiger partial charge < -0.3 is 16.0 Å². The molecule has 0 aromatic heterocycles. The molecule has 4 rings (SSSR count). The Bertz CT molecular complexity index is 1440. The van der Waals surface area contributed by atoms with Gasteiger partial charge in [0.2, 0.25) is 21.8 Å². The summed E-state index contributed by atoms with van der Waals surface area (Å²) in [4.78, 5) is 27.5. The van der Waals surface area contributed by atoms with E-state index in [4.69, 9.17) is 11.1 Å². The molecule has 5 N–H and O–H groups in total. The minimum absolute atomic E-state index is 0.0587. The number of nitrogens with two attached hydrogens (primary N) is 1. The van der Waals surface area contributed by atoms with Gasteiger partial charge in [-0.3, -0.25) is 15.0 Å². The Hall–Kier alpha value is -3.76.